The van der Waals surface area contributed by atoms with Gasteiger partial charge in [0.15, 0.2) is 0 Å². The maximum atomic E-state index is 11.9. The molecule has 0 aliphatic carbocycles. The van der Waals surface area contributed by atoms with Crippen LogP contribution in [0.5, 0.6) is 0 Å². The van der Waals surface area contributed by atoms with E-state index in [0.717, 1.165) is 6.42 Å². The SMILES string of the molecule is CCCN(CC(=O)N(C)C)c1ccc([N+](=O)[O-])cc1CO. The number of likely N-dealkylation sites (N-methyl/N-ethyl adjacent to an activating group) is 1. The third-order valence-corrected chi connectivity index (χ3v) is 3.10. The van der Waals surface area contributed by atoms with Gasteiger partial charge in [-0.1, -0.05) is 6.92 Å². The first-order valence-electron chi connectivity index (χ1n) is 6.74. The zero-order chi connectivity index (χ0) is 16.0. The van der Waals surface area contributed by atoms with Crippen molar-refractivity contribution in [1.29, 1.82) is 0 Å². The van der Waals surface area contributed by atoms with Gasteiger partial charge in [-0.3, -0.25) is 14.9 Å². The number of carbonyl (C=O) groups excluding carboxylic acids is 1. The second kappa shape index (κ2) is 7.58. The van der Waals surface area contributed by atoms with E-state index in [1.165, 1.54) is 17.0 Å². The van der Waals surface area contributed by atoms with Crippen LogP contribution in [0.2, 0.25) is 0 Å². The number of aliphatic hydroxyl groups excluding tert-OH is 1. The molecule has 0 aliphatic rings. The average molecular weight is 295 g/mol. The van der Waals surface area contributed by atoms with Gasteiger partial charge in [-0.25, -0.2) is 0 Å². The Kier molecular flexibility index (Phi) is 6.10. The third kappa shape index (κ3) is 4.42. The van der Waals surface area contributed by atoms with Gasteiger partial charge in [0.05, 0.1) is 18.1 Å². The van der Waals surface area contributed by atoms with Crippen LogP contribution in [0.15, 0.2) is 18.2 Å². The second-order valence-corrected chi connectivity index (χ2v) is 4.94. The number of benzene rings is 1. The Bertz CT molecular complexity index is 517. The smallest absolute Gasteiger partial charge is 0.269 e. The Hall–Kier alpha value is -2.15. The number of nitro groups is 1. The fourth-order valence-corrected chi connectivity index (χ4v) is 1.98. The molecule has 1 aromatic rings. The Labute approximate surface area is 123 Å². The van der Waals surface area contributed by atoms with Crippen molar-refractivity contribution in [2.75, 3.05) is 32.1 Å². The minimum atomic E-state index is -0.502. The molecule has 116 valence electrons. The highest BCUT2D eigenvalue weighted by atomic mass is 16.6. The van der Waals surface area contributed by atoms with Gasteiger partial charge in [0.25, 0.3) is 5.69 Å². The summed E-state index contributed by atoms with van der Waals surface area (Å²) in [6.07, 6.45) is 0.822. The Morgan fingerprint density at radius 2 is 2.05 bits per heavy atom. The van der Waals surface area contributed by atoms with Crippen molar-refractivity contribution in [3.8, 4) is 0 Å². The van der Waals surface area contributed by atoms with Crippen LogP contribution in [0, 0.1) is 10.1 Å². The molecule has 7 heteroatoms. The number of non-ortho nitro benzene ring substituents is 1. The van der Waals surface area contributed by atoms with Gasteiger partial charge >= 0.3 is 0 Å². The third-order valence-electron chi connectivity index (χ3n) is 3.10. The van der Waals surface area contributed by atoms with Crippen molar-refractivity contribution in [2.24, 2.45) is 0 Å². The normalized spacial score (nSPS) is 10.3. The fourth-order valence-electron chi connectivity index (χ4n) is 1.98. The molecule has 0 aliphatic heterocycles. The summed E-state index contributed by atoms with van der Waals surface area (Å²) < 4.78 is 0. The molecule has 0 unspecified atom stereocenters. The molecule has 0 aromatic heterocycles. The first-order chi connectivity index (χ1) is 9.90. The lowest BCUT2D eigenvalue weighted by molar-refractivity contribution is -0.384. The van der Waals surface area contributed by atoms with E-state index in [0.29, 0.717) is 17.8 Å². The molecular formula is C14H21N3O4. The molecule has 0 atom stereocenters. The summed E-state index contributed by atoms with van der Waals surface area (Å²) >= 11 is 0. The number of rotatable bonds is 7. The summed E-state index contributed by atoms with van der Waals surface area (Å²) in [6, 6.07) is 4.32. The Balaban J connectivity index is 3.12. The van der Waals surface area contributed by atoms with Gasteiger partial charge < -0.3 is 14.9 Å². The Morgan fingerprint density at radius 1 is 1.38 bits per heavy atom. The van der Waals surface area contributed by atoms with Crippen molar-refractivity contribution in [3.05, 3.63) is 33.9 Å². The summed E-state index contributed by atoms with van der Waals surface area (Å²) in [6.45, 7) is 2.47. The number of anilines is 1. The van der Waals surface area contributed by atoms with Crippen molar-refractivity contribution in [3.63, 3.8) is 0 Å². The molecule has 1 amide bonds. The molecule has 0 bridgehead atoms. The topological polar surface area (TPSA) is 86.9 Å². The number of carbonyl (C=O) groups is 1. The van der Waals surface area contributed by atoms with Crippen molar-refractivity contribution in [2.45, 2.75) is 20.0 Å². The van der Waals surface area contributed by atoms with Gasteiger partial charge in [0.1, 0.15) is 0 Å². The van der Waals surface area contributed by atoms with E-state index >= 15 is 0 Å². The number of hydrogen-bond donors (Lipinski definition) is 1. The maximum absolute atomic E-state index is 11.9. The fraction of sp³-hybridized carbons (Fsp3) is 0.500. The maximum Gasteiger partial charge on any atom is 0.269 e. The van der Waals surface area contributed by atoms with Gasteiger partial charge in [-0.15, -0.1) is 0 Å². The van der Waals surface area contributed by atoms with Crippen LogP contribution in [-0.4, -0.2) is 48.0 Å². The number of amides is 1. The molecular weight excluding hydrogens is 274 g/mol. The minimum Gasteiger partial charge on any atom is -0.392 e. The van der Waals surface area contributed by atoms with Crippen LogP contribution < -0.4 is 4.90 Å². The number of aliphatic hydroxyl groups is 1. The summed E-state index contributed by atoms with van der Waals surface area (Å²) in [5.74, 6) is -0.0642. The van der Waals surface area contributed by atoms with E-state index in [4.69, 9.17) is 0 Å². The molecule has 21 heavy (non-hydrogen) atoms. The molecule has 1 N–H and O–H groups in total. The van der Waals surface area contributed by atoms with Crippen molar-refractivity contribution in [1.82, 2.24) is 4.90 Å². The number of nitro benzene ring substituents is 1. The van der Waals surface area contributed by atoms with Crippen LogP contribution in [0.25, 0.3) is 0 Å². The van der Waals surface area contributed by atoms with E-state index in [9.17, 15) is 20.0 Å². The molecule has 0 saturated carbocycles. The van der Waals surface area contributed by atoms with Crippen molar-refractivity contribution >= 4 is 17.3 Å². The lowest BCUT2D eigenvalue weighted by Crippen LogP contribution is -2.37. The highest BCUT2D eigenvalue weighted by molar-refractivity contribution is 5.81. The van der Waals surface area contributed by atoms with Crippen LogP contribution in [-0.2, 0) is 11.4 Å². The van der Waals surface area contributed by atoms with E-state index in [2.05, 4.69) is 0 Å². The molecule has 0 spiro atoms. The molecule has 0 saturated heterocycles. The van der Waals surface area contributed by atoms with E-state index in [-0.39, 0.29) is 24.7 Å². The predicted molar refractivity (Wildman–Crippen MR) is 80.2 cm³/mol. The van der Waals surface area contributed by atoms with Crippen LogP contribution >= 0.6 is 0 Å². The van der Waals surface area contributed by atoms with Crippen molar-refractivity contribution < 1.29 is 14.8 Å². The van der Waals surface area contributed by atoms with E-state index < -0.39 is 4.92 Å². The molecule has 0 radical (unpaired) electrons. The van der Waals surface area contributed by atoms with Crippen LogP contribution in [0.4, 0.5) is 11.4 Å². The molecule has 1 rings (SSSR count). The van der Waals surface area contributed by atoms with Crippen LogP contribution in [0.3, 0.4) is 0 Å². The molecule has 0 heterocycles. The first-order valence-corrected chi connectivity index (χ1v) is 6.74. The Morgan fingerprint density at radius 3 is 2.52 bits per heavy atom. The van der Waals surface area contributed by atoms with E-state index in [1.807, 2.05) is 11.8 Å². The van der Waals surface area contributed by atoms with Crippen LogP contribution in [0.1, 0.15) is 18.9 Å². The zero-order valence-electron chi connectivity index (χ0n) is 12.6. The summed E-state index contributed by atoms with van der Waals surface area (Å²) in [5.41, 5.74) is 1.03. The van der Waals surface area contributed by atoms with Gasteiger partial charge in [0.2, 0.25) is 5.91 Å². The lowest BCUT2D eigenvalue weighted by atomic mass is 10.1. The minimum absolute atomic E-state index is 0.0642. The average Bonchev–Trinajstić information content (AvgIpc) is 2.45. The first kappa shape index (κ1) is 16.9. The highest BCUT2D eigenvalue weighted by Gasteiger charge is 2.18. The summed E-state index contributed by atoms with van der Waals surface area (Å²) in [4.78, 5) is 25.5. The highest BCUT2D eigenvalue weighted by Crippen LogP contribution is 2.26. The molecule has 0 fully saturated rings. The lowest BCUT2D eigenvalue weighted by Gasteiger charge is -2.27. The summed E-state index contributed by atoms with van der Waals surface area (Å²) in [5, 5.41) is 20.2. The zero-order valence-corrected chi connectivity index (χ0v) is 12.6. The second-order valence-electron chi connectivity index (χ2n) is 4.94. The van der Waals surface area contributed by atoms with E-state index in [1.54, 1.807) is 20.2 Å². The van der Waals surface area contributed by atoms with Gasteiger partial charge in [0, 0.05) is 44.0 Å². The molecule has 7 nitrogen and oxygen atoms in total. The number of nitrogens with zero attached hydrogens (tertiary/aromatic N) is 3. The monoisotopic (exact) mass is 295 g/mol. The number of hydrogen-bond acceptors (Lipinski definition) is 5. The molecule has 1 aromatic carbocycles. The van der Waals surface area contributed by atoms with Gasteiger partial charge in [-0.05, 0) is 12.5 Å². The standard InChI is InChI=1S/C14H21N3O4/c1-4-7-16(9-14(19)15(2)3)13-6-5-12(17(20)21)8-11(13)10-18/h5-6,8,18H,4,7,9-10H2,1-3H3. The largest absolute Gasteiger partial charge is 0.392 e. The summed E-state index contributed by atoms with van der Waals surface area (Å²) in [7, 11) is 3.35. The van der Waals surface area contributed by atoms with Gasteiger partial charge in [-0.2, -0.15) is 0 Å². The quantitative estimate of drug-likeness (QED) is 0.607. The predicted octanol–water partition coefficient (Wildman–Crippen LogP) is 1.39.